The van der Waals surface area contributed by atoms with Crippen LogP contribution in [0, 0.1) is 5.82 Å². The Bertz CT molecular complexity index is 3630. The second-order valence-electron chi connectivity index (χ2n) is 25.5. The van der Waals surface area contributed by atoms with Crippen molar-refractivity contribution in [2.24, 2.45) is 0 Å². The molecule has 97 heavy (non-hydrogen) atoms. The van der Waals surface area contributed by atoms with Crippen LogP contribution in [-0.2, 0) is 58.3 Å². The van der Waals surface area contributed by atoms with Crippen molar-refractivity contribution in [1.29, 1.82) is 0 Å². The third-order valence-corrected chi connectivity index (χ3v) is 19.2. The first-order valence-corrected chi connectivity index (χ1v) is 32.9. The molecule has 5 amide bonds. The summed E-state index contributed by atoms with van der Waals surface area (Å²) in [6, 6.07) is 39.0. The molecular weight excluding hydrogens is 1270 g/mol. The molecule has 2 atom stereocenters. The Balaban J connectivity index is 0.604. The second kappa shape index (κ2) is 31.8. The summed E-state index contributed by atoms with van der Waals surface area (Å²) in [5.41, 5.74) is 1.02. The lowest BCUT2D eigenvalue weighted by Gasteiger charge is -2.44. The highest BCUT2D eigenvalue weighted by molar-refractivity contribution is 5.95. The number of hydrogen-bond donors (Lipinski definition) is 2. The minimum Gasteiger partial charge on any atom is -0.446 e. The third-order valence-electron chi connectivity index (χ3n) is 19.2. The standard InChI is InChI=1S/C73H83F7N8O9/c1-83(33-11-34-85(3)67(91)52-18-24-59(25-19-52)81-32-43-94-42-28-65(89)84(2)40-41-86-35-26-60(27-36-86)97-69(93)82-63-17-10-8-15-61(63)51-12-5-4-6-13-51)66(90)48-95-64-46-53-14-7-9-16-62(53)70(64)29-37-87(38-30-70)39-31-71(55-20-22-58(74)23-21-55)49-88(50-96-71)68(92)54-44-56(72(75,76)77)47-57(45-54)73(78,79)80/h4-10,12-25,44-45,47,60,64,81H,11,26-43,46,48-50H2,1-3H3,(H,82,93)/t64-,71-/m0/s1. The number of alkyl halides is 6. The Labute approximate surface area is 560 Å². The largest absolute Gasteiger partial charge is 0.446 e. The van der Waals surface area contributed by atoms with Gasteiger partial charge in [-0.3, -0.25) is 24.5 Å². The van der Waals surface area contributed by atoms with E-state index in [2.05, 4.69) is 32.6 Å². The summed E-state index contributed by atoms with van der Waals surface area (Å²) in [5.74, 6) is -1.99. The van der Waals surface area contributed by atoms with E-state index < -0.39 is 64.6 Å². The molecule has 0 radical (unpaired) electrons. The van der Waals surface area contributed by atoms with Crippen molar-refractivity contribution in [3.63, 3.8) is 0 Å². The van der Waals surface area contributed by atoms with Crippen LogP contribution in [0.25, 0.3) is 11.1 Å². The lowest BCUT2D eigenvalue weighted by molar-refractivity contribution is -0.143. The molecule has 0 bridgehead atoms. The molecule has 1 spiro atoms. The highest BCUT2D eigenvalue weighted by Gasteiger charge is 2.50. The number of piperidine rings is 2. The van der Waals surface area contributed by atoms with Gasteiger partial charge in [0.1, 0.15) is 30.9 Å². The number of halogens is 7. The quantitative estimate of drug-likeness (QED) is 0.0390. The second-order valence-corrected chi connectivity index (χ2v) is 25.5. The van der Waals surface area contributed by atoms with Crippen LogP contribution >= 0.6 is 0 Å². The molecule has 6 aromatic rings. The van der Waals surface area contributed by atoms with Gasteiger partial charge in [0.15, 0.2) is 0 Å². The van der Waals surface area contributed by atoms with Crippen molar-refractivity contribution in [1.82, 2.24) is 29.4 Å². The summed E-state index contributed by atoms with van der Waals surface area (Å²) in [7, 11) is 5.22. The number of rotatable bonds is 26. The summed E-state index contributed by atoms with van der Waals surface area (Å²) in [4.78, 5) is 77.1. The zero-order valence-corrected chi connectivity index (χ0v) is 54.8. The van der Waals surface area contributed by atoms with Gasteiger partial charge in [0.05, 0.1) is 49.1 Å². The number of carbonyl (C=O) groups is 5. The average Bonchev–Trinajstić information content (AvgIpc) is 1.61. The third kappa shape index (κ3) is 18.2. The Morgan fingerprint density at radius 2 is 1.31 bits per heavy atom. The van der Waals surface area contributed by atoms with Crippen molar-refractivity contribution in [2.75, 3.05) is 130 Å². The Morgan fingerprint density at radius 3 is 2.01 bits per heavy atom. The van der Waals surface area contributed by atoms with Crippen LogP contribution in [0.1, 0.15) is 93.5 Å². The number of carbonyl (C=O) groups excluding carboxylic acids is 5. The van der Waals surface area contributed by atoms with E-state index in [-0.39, 0.29) is 68.6 Å². The van der Waals surface area contributed by atoms with Crippen LogP contribution in [0.4, 0.5) is 46.9 Å². The van der Waals surface area contributed by atoms with E-state index in [1.165, 1.54) is 24.3 Å². The SMILES string of the molecule is CN(CCN1CCC(OC(=O)Nc2ccccc2-c2ccccc2)CC1)C(=O)CCOCCNc1ccc(C(=O)N(C)CCCN(C)C(=O)CO[C@H]2Cc3ccccc3C23CCN(CC[C@@]2(c4ccc(F)cc4)CN(C(=O)c4cc(C(F)(F)F)cc(C(F)(F)F)c4)CO2)CC3)cc1. The van der Waals surface area contributed by atoms with Gasteiger partial charge in [-0.2, -0.15) is 26.3 Å². The van der Waals surface area contributed by atoms with E-state index in [0.717, 1.165) is 45.9 Å². The first-order valence-electron chi connectivity index (χ1n) is 32.9. The van der Waals surface area contributed by atoms with Gasteiger partial charge in [0, 0.05) is 101 Å². The molecule has 2 N–H and O–H groups in total. The molecule has 4 aliphatic rings. The molecule has 6 aromatic carbocycles. The first-order chi connectivity index (χ1) is 46.5. The van der Waals surface area contributed by atoms with E-state index in [0.29, 0.717) is 126 Å². The van der Waals surface area contributed by atoms with E-state index in [9.17, 15) is 54.7 Å². The van der Waals surface area contributed by atoms with Gasteiger partial charge >= 0.3 is 18.4 Å². The van der Waals surface area contributed by atoms with Gasteiger partial charge in [0.2, 0.25) is 11.8 Å². The molecule has 3 fully saturated rings. The fourth-order valence-electron chi connectivity index (χ4n) is 13.4. The van der Waals surface area contributed by atoms with E-state index >= 15 is 0 Å². The number of ether oxygens (including phenoxy) is 4. The smallest absolute Gasteiger partial charge is 0.416 e. The topological polar surface area (TPSA) is 166 Å². The first kappa shape index (κ1) is 71.4. The Morgan fingerprint density at radius 1 is 0.670 bits per heavy atom. The van der Waals surface area contributed by atoms with Crippen molar-refractivity contribution < 1.29 is 73.7 Å². The minimum absolute atomic E-state index is 0.00914. The molecule has 3 saturated heterocycles. The molecule has 24 heteroatoms. The van der Waals surface area contributed by atoms with Gasteiger partial charge in [-0.25, -0.2) is 9.18 Å². The summed E-state index contributed by atoms with van der Waals surface area (Å²) in [5, 5.41) is 6.21. The highest BCUT2D eigenvalue weighted by atomic mass is 19.4. The van der Waals surface area contributed by atoms with E-state index in [1.54, 1.807) is 48.0 Å². The lowest BCUT2D eigenvalue weighted by Crippen LogP contribution is -2.50. The molecule has 3 heterocycles. The number of hydrogen-bond acceptors (Lipinski definition) is 12. The summed E-state index contributed by atoms with van der Waals surface area (Å²) in [6.45, 7) is 5.55. The lowest BCUT2D eigenvalue weighted by atomic mass is 9.72. The highest BCUT2D eigenvalue weighted by Crippen LogP contribution is 2.48. The molecule has 17 nitrogen and oxygen atoms in total. The number of benzene rings is 6. The molecule has 0 unspecified atom stereocenters. The Kier molecular flexibility index (Phi) is 23.4. The van der Waals surface area contributed by atoms with Gasteiger partial charge < -0.3 is 53.7 Å². The normalized spacial score (nSPS) is 18.2. The van der Waals surface area contributed by atoms with Gasteiger partial charge in [-0.1, -0.05) is 84.9 Å². The number of nitrogens with zero attached hydrogens (tertiary/aromatic N) is 6. The number of likely N-dealkylation sites (N-methyl/N-ethyl adjacent to an activating group) is 2. The molecule has 0 saturated carbocycles. The van der Waals surface area contributed by atoms with Crippen molar-refractivity contribution in [3.8, 4) is 11.1 Å². The summed E-state index contributed by atoms with van der Waals surface area (Å²) in [6.07, 6.45) is -6.89. The number of amides is 5. The predicted octanol–water partition coefficient (Wildman–Crippen LogP) is 11.8. The van der Waals surface area contributed by atoms with Gasteiger partial charge in [0.25, 0.3) is 11.8 Å². The number of para-hydroxylation sites is 1. The van der Waals surface area contributed by atoms with E-state index in [1.807, 2.05) is 78.9 Å². The van der Waals surface area contributed by atoms with Crippen LogP contribution in [0.3, 0.4) is 0 Å². The van der Waals surface area contributed by atoms with Crippen LogP contribution in [0.5, 0.6) is 0 Å². The number of anilines is 2. The minimum atomic E-state index is -5.15. The van der Waals surface area contributed by atoms with Crippen LogP contribution in [0.2, 0.25) is 0 Å². The zero-order valence-electron chi connectivity index (χ0n) is 54.8. The van der Waals surface area contributed by atoms with Crippen molar-refractivity contribution in [3.05, 3.63) is 190 Å². The molecular formula is C73H83F7N8O9. The monoisotopic (exact) mass is 1350 g/mol. The molecule has 518 valence electrons. The summed E-state index contributed by atoms with van der Waals surface area (Å²) < 4.78 is 121. The van der Waals surface area contributed by atoms with Gasteiger partial charge in [-0.05, 0) is 141 Å². The van der Waals surface area contributed by atoms with Crippen molar-refractivity contribution >= 4 is 41.1 Å². The van der Waals surface area contributed by atoms with E-state index in [4.69, 9.17) is 18.9 Å². The number of nitrogens with one attached hydrogen (secondary N) is 2. The zero-order chi connectivity index (χ0) is 68.9. The molecule has 3 aliphatic heterocycles. The van der Waals surface area contributed by atoms with Crippen LogP contribution in [0.15, 0.2) is 146 Å². The molecule has 10 rings (SSSR count). The summed E-state index contributed by atoms with van der Waals surface area (Å²) >= 11 is 0. The van der Waals surface area contributed by atoms with Crippen LogP contribution < -0.4 is 10.6 Å². The average molecular weight is 1350 g/mol. The maximum atomic E-state index is 14.2. The number of fused-ring (bicyclic) bond motifs is 2. The fourth-order valence-corrected chi connectivity index (χ4v) is 13.4. The van der Waals surface area contributed by atoms with Gasteiger partial charge in [-0.15, -0.1) is 0 Å². The maximum Gasteiger partial charge on any atom is 0.416 e. The Hall–Kier alpha value is -8.42. The fraction of sp³-hybridized carbons (Fsp3) is 0.438. The number of likely N-dealkylation sites (tertiary alicyclic amines) is 2. The van der Waals surface area contributed by atoms with Crippen LogP contribution in [-0.4, -0.2) is 191 Å². The molecule has 0 aromatic heterocycles. The molecule has 1 aliphatic carbocycles. The van der Waals surface area contributed by atoms with Crippen molar-refractivity contribution in [2.45, 2.75) is 86.9 Å². The predicted molar refractivity (Wildman–Crippen MR) is 352 cm³/mol. The maximum absolute atomic E-state index is 14.2.